The molecule has 0 bridgehead atoms. The number of carbonyl (C=O) groups is 2. The number of nitrogens with zero attached hydrogens (tertiary/aromatic N) is 2. The second-order valence-corrected chi connectivity index (χ2v) is 5.40. The minimum Gasteiger partial charge on any atom is -0.469 e. The Morgan fingerprint density at radius 3 is 2.35 bits per heavy atom. The first-order valence-electron chi connectivity index (χ1n) is 7.72. The summed E-state index contributed by atoms with van der Waals surface area (Å²) in [6.07, 6.45) is 1.51. The van der Waals surface area contributed by atoms with Crippen molar-refractivity contribution in [2.24, 2.45) is 16.8 Å². The summed E-state index contributed by atoms with van der Waals surface area (Å²) in [6, 6.07) is 0. The number of hydrogen-bond donors (Lipinski definition) is 1. The van der Waals surface area contributed by atoms with Crippen LogP contribution in [0.4, 0.5) is 0 Å². The van der Waals surface area contributed by atoms with Crippen LogP contribution < -0.4 is 5.32 Å². The molecule has 1 N–H and O–H groups in total. The van der Waals surface area contributed by atoms with E-state index >= 15 is 0 Å². The van der Waals surface area contributed by atoms with Gasteiger partial charge in [0.25, 0.3) is 0 Å². The number of esters is 2. The molecule has 23 heavy (non-hydrogen) atoms. The lowest BCUT2D eigenvalue weighted by Gasteiger charge is -2.33. The molecule has 8 heteroatoms. The zero-order valence-corrected chi connectivity index (χ0v) is 16.7. The Morgan fingerprint density at radius 2 is 1.87 bits per heavy atom. The number of methoxy groups -OCH3 is 2. The minimum absolute atomic E-state index is 0. The first-order valence-corrected chi connectivity index (χ1v) is 7.72. The molecule has 1 saturated heterocycles. The van der Waals surface area contributed by atoms with E-state index in [1.165, 1.54) is 14.2 Å². The molecule has 1 heterocycles. The van der Waals surface area contributed by atoms with Crippen molar-refractivity contribution in [3.05, 3.63) is 0 Å². The van der Waals surface area contributed by atoms with E-state index in [2.05, 4.69) is 15.2 Å². The topological polar surface area (TPSA) is 80.2 Å². The van der Waals surface area contributed by atoms with Gasteiger partial charge in [-0.1, -0.05) is 6.92 Å². The number of rotatable bonds is 5. The molecule has 1 rings (SSSR count). The summed E-state index contributed by atoms with van der Waals surface area (Å²) in [5, 5.41) is 3.23. The van der Waals surface area contributed by atoms with Crippen LogP contribution in [0, 0.1) is 11.8 Å². The average molecular weight is 441 g/mol. The standard InChI is InChI=1S/C15H27N3O4.HI/c1-5-16-15(17-10-11(2)13(19)21-3)18-8-6-12(7-9-18)14(20)22-4;/h11-12H,5-10H2,1-4H3,(H,16,17);1H. The third kappa shape index (κ3) is 6.92. The van der Waals surface area contributed by atoms with E-state index in [-0.39, 0.29) is 47.8 Å². The quantitative estimate of drug-likeness (QED) is 0.300. The average Bonchev–Trinajstić information content (AvgIpc) is 2.56. The number of ether oxygens (including phenoxy) is 2. The van der Waals surface area contributed by atoms with Gasteiger partial charge in [0, 0.05) is 19.6 Å². The smallest absolute Gasteiger partial charge is 0.310 e. The Hall–Kier alpha value is -1.06. The van der Waals surface area contributed by atoms with Crippen LogP contribution in [-0.2, 0) is 19.1 Å². The Labute approximate surface area is 155 Å². The molecule has 1 aliphatic heterocycles. The van der Waals surface area contributed by atoms with E-state index in [1.807, 2.05) is 6.92 Å². The first kappa shape index (κ1) is 21.9. The lowest BCUT2D eigenvalue weighted by molar-refractivity contribution is -0.147. The Morgan fingerprint density at radius 1 is 1.26 bits per heavy atom. The van der Waals surface area contributed by atoms with Crippen LogP contribution in [0.5, 0.6) is 0 Å². The highest BCUT2D eigenvalue weighted by Crippen LogP contribution is 2.18. The number of guanidine groups is 1. The molecule has 0 spiro atoms. The van der Waals surface area contributed by atoms with Gasteiger partial charge >= 0.3 is 11.9 Å². The predicted molar refractivity (Wildman–Crippen MR) is 98.9 cm³/mol. The van der Waals surface area contributed by atoms with Gasteiger partial charge in [0.05, 0.1) is 32.6 Å². The summed E-state index contributed by atoms with van der Waals surface area (Å²) < 4.78 is 9.50. The van der Waals surface area contributed by atoms with Gasteiger partial charge in [-0.3, -0.25) is 14.6 Å². The van der Waals surface area contributed by atoms with Crippen molar-refractivity contribution >= 4 is 41.9 Å². The van der Waals surface area contributed by atoms with Gasteiger partial charge in [0.2, 0.25) is 0 Å². The summed E-state index contributed by atoms with van der Waals surface area (Å²) in [5.74, 6) is 0.0795. The largest absolute Gasteiger partial charge is 0.469 e. The molecule has 0 aromatic heterocycles. The Bertz CT molecular complexity index is 410. The third-order valence-electron chi connectivity index (χ3n) is 3.78. The lowest BCUT2D eigenvalue weighted by atomic mass is 9.97. The Kier molecular flexibility index (Phi) is 10.9. The fourth-order valence-corrected chi connectivity index (χ4v) is 2.42. The predicted octanol–water partition coefficient (Wildman–Crippen LogP) is 1.26. The van der Waals surface area contributed by atoms with Gasteiger partial charge < -0.3 is 19.7 Å². The van der Waals surface area contributed by atoms with Gasteiger partial charge in [-0.05, 0) is 19.8 Å². The molecule has 1 unspecified atom stereocenters. The van der Waals surface area contributed by atoms with Crippen LogP contribution in [0.3, 0.4) is 0 Å². The van der Waals surface area contributed by atoms with Gasteiger partial charge in [0.1, 0.15) is 0 Å². The summed E-state index contributed by atoms with van der Waals surface area (Å²) in [4.78, 5) is 29.6. The van der Waals surface area contributed by atoms with Crippen molar-refractivity contribution < 1.29 is 19.1 Å². The van der Waals surface area contributed by atoms with Crippen LogP contribution >= 0.6 is 24.0 Å². The molecule has 1 aliphatic rings. The van der Waals surface area contributed by atoms with E-state index < -0.39 is 0 Å². The summed E-state index contributed by atoms with van der Waals surface area (Å²) in [6.45, 7) is 6.42. The molecule has 0 aliphatic carbocycles. The molecule has 7 nitrogen and oxygen atoms in total. The van der Waals surface area contributed by atoms with E-state index in [1.54, 1.807) is 6.92 Å². The molecule has 0 radical (unpaired) electrons. The molecule has 1 atom stereocenters. The van der Waals surface area contributed by atoms with E-state index in [9.17, 15) is 9.59 Å². The van der Waals surface area contributed by atoms with E-state index in [4.69, 9.17) is 9.47 Å². The zero-order chi connectivity index (χ0) is 16.5. The fourth-order valence-electron chi connectivity index (χ4n) is 2.42. The van der Waals surface area contributed by atoms with E-state index in [0.29, 0.717) is 6.54 Å². The molecule has 0 amide bonds. The van der Waals surface area contributed by atoms with Crippen LogP contribution in [0.15, 0.2) is 4.99 Å². The molecule has 0 aromatic rings. The third-order valence-corrected chi connectivity index (χ3v) is 3.78. The lowest BCUT2D eigenvalue weighted by Crippen LogP contribution is -2.47. The molecule has 1 fully saturated rings. The normalized spacial score (nSPS) is 17.0. The second kappa shape index (κ2) is 11.5. The van der Waals surface area contributed by atoms with Crippen molar-refractivity contribution in [1.82, 2.24) is 10.2 Å². The van der Waals surface area contributed by atoms with Crippen molar-refractivity contribution in [2.45, 2.75) is 26.7 Å². The molecular weight excluding hydrogens is 413 g/mol. The van der Waals surface area contributed by atoms with Gasteiger partial charge in [-0.25, -0.2) is 0 Å². The summed E-state index contributed by atoms with van der Waals surface area (Å²) in [5.41, 5.74) is 0. The monoisotopic (exact) mass is 441 g/mol. The highest BCUT2D eigenvalue weighted by atomic mass is 127. The fraction of sp³-hybridized carbons (Fsp3) is 0.800. The highest BCUT2D eigenvalue weighted by molar-refractivity contribution is 14.0. The second-order valence-electron chi connectivity index (χ2n) is 5.40. The summed E-state index contributed by atoms with van der Waals surface area (Å²) in [7, 11) is 2.81. The van der Waals surface area contributed by atoms with Crippen LogP contribution in [0.25, 0.3) is 0 Å². The number of halogens is 1. The van der Waals surface area contributed by atoms with Gasteiger partial charge in [-0.2, -0.15) is 0 Å². The highest BCUT2D eigenvalue weighted by Gasteiger charge is 2.27. The van der Waals surface area contributed by atoms with Crippen molar-refractivity contribution in [1.29, 1.82) is 0 Å². The zero-order valence-electron chi connectivity index (χ0n) is 14.3. The number of likely N-dealkylation sites (tertiary alicyclic amines) is 1. The number of piperidine rings is 1. The van der Waals surface area contributed by atoms with Crippen molar-refractivity contribution in [3.63, 3.8) is 0 Å². The maximum Gasteiger partial charge on any atom is 0.310 e. The molecule has 0 aromatic carbocycles. The van der Waals surface area contributed by atoms with Crippen LogP contribution in [0.1, 0.15) is 26.7 Å². The maximum atomic E-state index is 11.6. The number of carbonyl (C=O) groups excluding carboxylic acids is 2. The van der Waals surface area contributed by atoms with Gasteiger partial charge in [-0.15, -0.1) is 24.0 Å². The molecular formula is C15H28IN3O4. The van der Waals surface area contributed by atoms with Crippen molar-refractivity contribution in [2.75, 3.05) is 40.4 Å². The van der Waals surface area contributed by atoms with Crippen LogP contribution in [0.2, 0.25) is 0 Å². The van der Waals surface area contributed by atoms with Gasteiger partial charge in [0.15, 0.2) is 5.96 Å². The number of aliphatic imine (C=N–C) groups is 1. The summed E-state index contributed by atoms with van der Waals surface area (Å²) >= 11 is 0. The van der Waals surface area contributed by atoms with Crippen LogP contribution in [-0.4, -0.2) is 63.2 Å². The minimum atomic E-state index is -0.272. The Balaban J connectivity index is 0.00000484. The van der Waals surface area contributed by atoms with Crippen molar-refractivity contribution in [3.8, 4) is 0 Å². The number of hydrogen-bond acceptors (Lipinski definition) is 5. The molecule has 0 saturated carbocycles. The maximum absolute atomic E-state index is 11.6. The van der Waals surface area contributed by atoms with E-state index in [0.717, 1.165) is 38.4 Å². The number of nitrogens with one attached hydrogen (secondary N) is 1. The SMILES string of the molecule is CCNC(=NCC(C)C(=O)OC)N1CCC(C(=O)OC)CC1.I. The molecule has 134 valence electrons. The first-order chi connectivity index (χ1) is 10.5.